The quantitative estimate of drug-likeness (QED) is 0.738. The van der Waals surface area contributed by atoms with Crippen LogP contribution in [0.5, 0.6) is 0 Å². The number of aromatic amines is 1. The summed E-state index contributed by atoms with van der Waals surface area (Å²) in [7, 11) is 0. The SMILES string of the molecule is Nc1nc(Nc2cc(Cl)c(Cl)c(Cl)c2)n[nH]1. The predicted molar refractivity (Wildman–Crippen MR) is 65.5 cm³/mol. The zero-order valence-corrected chi connectivity index (χ0v) is 10.0. The van der Waals surface area contributed by atoms with E-state index in [1.165, 1.54) is 0 Å². The van der Waals surface area contributed by atoms with E-state index in [0.717, 1.165) is 0 Å². The molecule has 0 saturated carbocycles. The van der Waals surface area contributed by atoms with Crippen molar-refractivity contribution in [1.82, 2.24) is 15.2 Å². The van der Waals surface area contributed by atoms with E-state index in [-0.39, 0.29) is 5.95 Å². The van der Waals surface area contributed by atoms with Crippen LogP contribution in [-0.4, -0.2) is 15.2 Å². The molecule has 0 saturated heterocycles. The number of rotatable bonds is 2. The molecule has 0 bridgehead atoms. The summed E-state index contributed by atoms with van der Waals surface area (Å²) in [5.74, 6) is 0.542. The van der Waals surface area contributed by atoms with Crippen molar-refractivity contribution in [3.63, 3.8) is 0 Å². The van der Waals surface area contributed by atoms with Crippen molar-refractivity contribution < 1.29 is 0 Å². The topological polar surface area (TPSA) is 79.6 Å². The first-order valence-electron chi connectivity index (χ1n) is 4.15. The Morgan fingerprint density at radius 2 is 1.81 bits per heavy atom. The molecule has 5 nitrogen and oxygen atoms in total. The summed E-state index contributed by atoms with van der Waals surface area (Å²) in [5, 5.41) is 10.2. The van der Waals surface area contributed by atoms with Crippen LogP contribution in [0.2, 0.25) is 15.1 Å². The van der Waals surface area contributed by atoms with Crippen molar-refractivity contribution in [3.8, 4) is 0 Å². The van der Waals surface area contributed by atoms with Crippen molar-refractivity contribution in [2.24, 2.45) is 0 Å². The van der Waals surface area contributed by atoms with Crippen LogP contribution in [0.3, 0.4) is 0 Å². The van der Waals surface area contributed by atoms with Crippen LogP contribution in [0.25, 0.3) is 0 Å². The highest BCUT2D eigenvalue weighted by Gasteiger charge is 2.07. The fraction of sp³-hybridized carbons (Fsp3) is 0. The maximum atomic E-state index is 5.86. The lowest BCUT2D eigenvalue weighted by molar-refractivity contribution is 1.10. The second kappa shape index (κ2) is 4.37. The molecule has 0 fully saturated rings. The van der Waals surface area contributed by atoms with Crippen LogP contribution >= 0.6 is 34.8 Å². The molecule has 0 unspecified atom stereocenters. The molecule has 1 aromatic carbocycles. The van der Waals surface area contributed by atoms with Gasteiger partial charge in [0.2, 0.25) is 11.9 Å². The summed E-state index contributed by atoms with van der Waals surface area (Å²) in [5.41, 5.74) is 6.00. The second-order valence-electron chi connectivity index (χ2n) is 2.92. The van der Waals surface area contributed by atoms with Crippen LogP contribution < -0.4 is 11.1 Å². The third-order valence-electron chi connectivity index (χ3n) is 1.74. The molecule has 16 heavy (non-hydrogen) atoms. The van der Waals surface area contributed by atoms with Crippen LogP contribution in [-0.2, 0) is 0 Å². The Kier molecular flexibility index (Phi) is 3.09. The molecular formula is C8H6Cl3N5. The third-order valence-corrected chi connectivity index (χ3v) is 2.94. The number of hydrogen-bond acceptors (Lipinski definition) is 4. The Morgan fingerprint density at radius 3 is 2.31 bits per heavy atom. The van der Waals surface area contributed by atoms with E-state index in [1.54, 1.807) is 12.1 Å². The van der Waals surface area contributed by atoms with Gasteiger partial charge in [0.05, 0.1) is 15.1 Å². The molecule has 8 heteroatoms. The fourth-order valence-electron chi connectivity index (χ4n) is 1.09. The molecule has 4 N–H and O–H groups in total. The molecule has 0 atom stereocenters. The summed E-state index contributed by atoms with van der Waals surface area (Å²) >= 11 is 17.5. The maximum absolute atomic E-state index is 5.86. The van der Waals surface area contributed by atoms with Crippen LogP contribution in [0.15, 0.2) is 12.1 Å². The van der Waals surface area contributed by atoms with Gasteiger partial charge in [-0.3, -0.25) is 0 Å². The monoisotopic (exact) mass is 277 g/mol. The van der Waals surface area contributed by atoms with E-state index in [2.05, 4.69) is 20.5 Å². The summed E-state index contributed by atoms with van der Waals surface area (Å²) in [4.78, 5) is 3.87. The number of hydrogen-bond donors (Lipinski definition) is 3. The van der Waals surface area contributed by atoms with Crippen LogP contribution in [0, 0.1) is 0 Å². The summed E-state index contributed by atoms with van der Waals surface area (Å²) < 4.78 is 0. The molecular weight excluding hydrogens is 272 g/mol. The molecule has 1 heterocycles. The number of nitrogens with two attached hydrogens (primary N) is 1. The lowest BCUT2D eigenvalue weighted by Crippen LogP contribution is -1.93. The smallest absolute Gasteiger partial charge is 0.248 e. The molecule has 0 aliphatic rings. The van der Waals surface area contributed by atoms with Gasteiger partial charge < -0.3 is 11.1 Å². The number of nitrogen functional groups attached to an aromatic ring is 1. The number of H-pyrrole nitrogens is 1. The minimum absolute atomic E-state index is 0.216. The van der Waals surface area contributed by atoms with Crippen molar-refractivity contribution >= 4 is 52.4 Å². The van der Waals surface area contributed by atoms with Gasteiger partial charge in [0.25, 0.3) is 0 Å². The zero-order valence-electron chi connectivity index (χ0n) is 7.76. The molecule has 0 aliphatic carbocycles. The van der Waals surface area contributed by atoms with Gasteiger partial charge in [-0.05, 0) is 12.1 Å². The Labute approximate surface area is 106 Å². The molecule has 0 amide bonds. The van der Waals surface area contributed by atoms with Gasteiger partial charge in [-0.2, -0.15) is 4.98 Å². The molecule has 1 aromatic heterocycles. The second-order valence-corrected chi connectivity index (χ2v) is 4.12. The lowest BCUT2D eigenvalue weighted by atomic mass is 10.3. The van der Waals surface area contributed by atoms with Crippen molar-refractivity contribution in [1.29, 1.82) is 0 Å². The molecule has 0 aliphatic heterocycles. The number of anilines is 3. The average Bonchev–Trinajstić information content (AvgIpc) is 2.60. The highest BCUT2D eigenvalue weighted by molar-refractivity contribution is 6.48. The number of benzene rings is 1. The first-order valence-corrected chi connectivity index (χ1v) is 5.29. The Bertz CT molecular complexity index is 501. The molecule has 0 radical (unpaired) electrons. The van der Waals surface area contributed by atoms with Gasteiger partial charge in [0.15, 0.2) is 0 Å². The minimum atomic E-state index is 0.216. The Morgan fingerprint density at radius 1 is 1.19 bits per heavy atom. The van der Waals surface area contributed by atoms with Gasteiger partial charge >= 0.3 is 0 Å². The Hall–Kier alpha value is -1.17. The number of nitrogens with zero attached hydrogens (tertiary/aromatic N) is 2. The van der Waals surface area contributed by atoms with E-state index >= 15 is 0 Å². The predicted octanol–water partition coefficient (Wildman–Crippen LogP) is 3.09. The highest BCUT2D eigenvalue weighted by Crippen LogP contribution is 2.33. The van der Waals surface area contributed by atoms with E-state index in [1.807, 2.05) is 0 Å². The first-order chi connectivity index (χ1) is 7.56. The van der Waals surface area contributed by atoms with Gasteiger partial charge in [0, 0.05) is 5.69 Å². The van der Waals surface area contributed by atoms with E-state index in [4.69, 9.17) is 40.5 Å². The molecule has 84 valence electrons. The van der Waals surface area contributed by atoms with Gasteiger partial charge in [0.1, 0.15) is 0 Å². The highest BCUT2D eigenvalue weighted by atomic mass is 35.5. The number of aromatic nitrogens is 3. The summed E-state index contributed by atoms with van der Waals surface area (Å²) in [6.45, 7) is 0. The number of halogens is 3. The maximum Gasteiger partial charge on any atom is 0.248 e. The summed E-state index contributed by atoms with van der Waals surface area (Å²) in [6, 6.07) is 3.23. The van der Waals surface area contributed by atoms with Crippen molar-refractivity contribution in [2.45, 2.75) is 0 Å². The van der Waals surface area contributed by atoms with Crippen molar-refractivity contribution in [3.05, 3.63) is 27.2 Å². The standard InChI is InChI=1S/C8H6Cl3N5/c9-4-1-3(2-5(10)6(4)11)13-8-14-7(12)15-16-8/h1-2H,(H4,12,13,14,15,16). The molecule has 2 aromatic rings. The van der Waals surface area contributed by atoms with E-state index in [9.17, 15) is 0 Å². The summed E-state index contributed by atoms with van der Waals surface area (Å²) in [6.07, 6.45) is 0. The zero-order chi connectivity index (χ0) is 11.7. The first kappa shape index (κ1) is 11.3. The van der Waals surface area contributed by atoms with Crippen molar-refractivity contribution in [2.75, 3.05) is 11.1 Å². The number of nitrogens with one attached hydrogen (secondary N) is 2. The van der Waals surface area contributed by atoms with E-state index in [0.29, 0.717) is 26.7 Å². The lowest BCUT2D eigenvalue weighted by Gasteiger charge is -2.05. The normalized spacial score (nSPS) is 10.4. The van der Waals surface area contributed by atoms with Gasteiger partial charge in [-0.15, -0.1) is 5.10 Å². The van der Waals surface area contributed by atoms with Crippen LogP contribution in [0.4, 0.5) is 17.6 Å². The fourth-order valence-corrected chi connectivity index (χ4v) is 1.68. The van der Waals surface area contributed by atoms with E-state index < -0.39 is 0 Å². The minimum Gasteiger partial charge on any atom is -0.368 e. The third kappa shape index (κ3) is 2.32. The van der Waals surface area contributed by atoms with Crippen LogP contribution in [0.1, 0.15) is 0 Å². The van der Waals surface area contributed by atoms with Gasteiger partial charge in [-0.25, -0.2) is 5.10 Å². The van der Waals surface area contributed by atoms with Gasteiger partial charge in [-0.1, -0.05) is 34.8 Å². The molecule has 2 rings (SSSR count). The Balaban J connectivity index is 2.28. The largest absolute Gasteiger partial charge is 0.368 e. The molecule has 0 spiro atoms. The average molecular weight is 279 g/mol.